The maximum atomic E-state index is 12.1. The largest absolute Gasteiger partial charge is 0.462 e. The predicted molar refractivity (Wildman–Crippen MR) is 87.3 cm³/mol. The number of nitrogens with zero attached hydrogens (tertiary/aromatic N) is 1. The Morgan fingerprint density at radius 1 is 1.52 bits per heavy atom. The van der Waals surface area contributed by atoms with E-state index in [1.54, 1.807) is 18.5 Å². The van der Waals surface area contributed by atoms with Crippen LogP contribution >= 0.6 is 36.2 Å². The number of carbonyl (C=O) groups is 1. The van der Waals surface area contributed by atoms with Gasteiger partial charge in [0.05, 0.1) is 12.5 Å². The van der Waals surface area contributed by atoms with Crippen LogP contribution in [0.2, 0.25) is 0 Å². The van der Waals surface area contributed by atoms with Gasteiger partial charge in [-0.25, -0.2) is 4.98 Å². The van der Waals surface area contributed by atoms with Crippen molar-refractivity contribution >= 4 is 42.1 Å². The monoisotopic (exact) mass is 349 g/mol. The summed E-state index contributed by atoms with van der Waals surface area (Å²) in [4.78, 5) is 16.9. The van der Waals surface area contributed by atoms with Gasteiger partial charge in [0.15, 0.2) is 10.8 Å². The second kappa shape index (κ2) is 7.79. The number of carbonyl (C=O) groups excluding carboxylic acids is 1. The summed E-state index contributed by atoms with van der Waals surface area (Å²) in [6, 6.07) is 3.71. The molecule has 1 unspecified atom stereocenters. The maximum Gasteiger partial charge on any atom is 0.263 e. The minimum Gasteiger partial charge on any atom is -0.462 e. The number of hydrogen-bond donors (Lipinski definition) is 2. The van der Waals surface area contributed by atoms with Crippen LogP contribution in [0.1, 0.15) is 22.5 Å². The highest BCUT2D eigenvalue weighted by atomic mass is 35.5. The van der Waals surface area contributed by atoms with Gasteiger partial charge < -0.3 is 15.5 Å². The molecular weight excluding hydrogens is 333 g/mol. The van der Waals surface area contributed by atoms with E-state index in [1.807, 2.05) is 6.07 Å². The van der Waals surface area contributed by atoms with Gasteiger partial charge in [0.2, 0.25) is 0 Å². The fourth-order valence-corrected chi connectivity index (χ4v) is 2.79. The molecule has 1 fully saturated rings. The van der Waals surface area contributed by atoms with Crippen LogP contribution < -0.4 is 11.1 Å². The molecule has 1 aliphatic rings. The average Bonchev–Trinajstić information content (AvgIpc) is 2.95. The summed E-state index contributed by atoms with van der Waals surface area (Å²) in [5.74, 6) is 1.13. The molecule has 0 bridgehead atoms. The number of furan rings is 1. The lowest BCUT2D eigenvalue weighted by molar-refractivity contribution is 0.0937. The Hall–Kier alpha value is -1.08. The van der Waals surface area contributed by atoms with E-state index < -0.39 is 0 Å². The van der Waals surface area contributed by atoms with Crippen LogP contribution in [0, 0.1) is 5.92 Å². The SMILES string of the molecule is Cl.Cl.NCC(NC(=O)c1cnc(-c2ccco2)s1)C1CC1. The van der Waals surface area contributed by atoms with Crippen LogP contribution in [0.25, 0.3) is 10.8 Å². The highest BCUT2D eigenvalue weighted by Gasteiger charge is 2.31. The molecule has 0 saturated heterocycles. The Balaban J connectivity index is 0.00000110. The molecule has 1 amide bonds. The zero-order valence-electron chi connectivity index (χ0n) is 11.2. The summed E-state index contributed by atoms with van der Waals surface area (Å²) in [6.45, 7) is 0.486. The number of thiazole rings is 1. The number of nitrogens with one attached hydrogen (secondary N) is 1. The van der Waals surface area contributed by atoms with Crippen molar-refractivity contribution < 1.29 is 9.21 Å². The van der Waals surface area contributed by atoms with E-state index >= 15 is 0 Å². The topological polar surface area (TPSA) is 81.1 Å². The zero-order valence-corrected chi connectivity index (χ0v) is 13.6. The van der Waals surface area contributed by atoms with Crippen molar-refractivity contribution in [1.29, 1.82) is 0 Å². The van der Waals surface area contributed by atoms with Gasteiger partial charge in [-0.1, -0.05) is 0 Å². The normalized spacial score (nSPS) is 14.7. The van der Waals surface area contributed by atoms with Gasteiger partial charge in [-0.15, -0.1) is 36.2 Å². The molecule has 1 aliphatic carbocycles. The molecule has 2 heterocycles. The van der Waals surface area contributed by atoms with E-state index in [1.165, 1.54) is 11.3 Å². The first kappa shape index (κ1) is 18.0. The number of hydrogen-bond acceptors (Lipinski definition) is 5. The Morgan fingerprint density at radius 3 is 2.86 bits per heavy atom. The average molecular weight is 350 g/mol. The molecule has 8 heteroatoms. The molecule has 0 aromatic carbocycles. The van der Waals surface area contributed by atoms with Crippen molar-refractivity contribution in [3.63, 3.8) is 0 Å². The smallest absolute Gasteiger partial charge is 0.263 e. The number of amides is 1. The van der Waals surface area contributed by atoms with Gasteiger partial charge in [-0.3, -0.25) is 4.79 Å². The summed E-state index contributed by atoms with van der Waals surface area (Å²) in [5, 5.41) is 3.69. The molecule has 2 aromatic heterocycles. The maximum absolute atomic E-state index is 12.1. The minimum absolute atomic E-state index is 0. The van der Waals surface area contributed by atoms with Gasteiger partial charge in [-0.2, -0.15) is 0 Å². The second-order valence-corrected chi connectivity index (χ2v) is 5.69. The van der Waals surface area contributed by atoms with Crippen molar-refractivity contribution in [2.24, 2.45) is 11.7 Å². The van der Waals surface area contributed by atoms with Crippen LogP contribution in [0.5, 0.6) is 0 Å². The van der Waals surface area contributed by atoms with E-state index in [4.69, 9.17) is 10.2 Å². The van der Waals surface area contributed by atoms with Gasteiger partial charge >= 0.3 is 0 Å². The lowest BCUT2D eigenvalue weighted by Gasteiger charge is -2.14. The third kappa shape index (κ3) is 4.20. The lowest BCUT2D eigenvalue weighted by Crippen LogP contribution is -2.41. The molecule has 3 N–H and O–H groups in total. The molecule has 1 saturated carbocycles. The summed E-state index contributed by atoms with van der Waals surface area (Å²) < 4.78 is 5.26. The fraction of sp³-hybridized carbons (Fsp3) is 0.385. The van der Waals surface area contributed by atoms with Crippen LogP contribution in [0.4, 0.5) is 0 Å². The van der Waals surface area contributed by atoms with Crippen LogP contribution in [0.15, 0.2) is 29.0 Å². The first-order chi connectivity index (χ1) is 9.28. The van der Waals surface area contributed by atoms with Crippen LogP contribution in [-0.4, -0.2) is 23.5 Å². The predicted octanol–water partition coefficient (Wildman–Crippen LogP) is 2.71. The number of nitrogens with two attached hydrogens (primary N) is 1. The second-order valence-electron chi connectivity index (χ2n) is 4.66. The number of halogens is 2. The van der Waals surface area contributed by atoms with Crippen LogP contribution in [-0.2, 0) is 0 Å². The first-order valence-electron chi connectivity index (χ1n) is 6.28. The van der Waals surface area contributed by atoms with Crippen LogP contribution in [0.3, 0.4) is 0 Å². The quantitative estimate of drug-likeness (QED) is 0.869. The Labute approximate surface area is 139 Å². The molecule has 1 atom stereocenters. The van der Waals surface area contributed by atoms with Crippen molar-refractivity contribution in [2.75, 3.05) is 6.54 Å². The molecule has 2 aromatic rings. The molecule has 3 rings (SSSR count). The molecular formula is C13H17Cl2N3O2S. The van der Waals surface area contributed by atoms with E-state index in [2.05, 4.69) is 10.3 Å². The minimum atomic E-state index is -0.0994. The van der Waals surface area contributed by atoms with Crippen molar-refractivity contribution in [3.05, 3.63) is 29.5 Å². The summed E-state index contributed by atoms with van der Waals surface area (Å²) >= 11 is 1.33. The molecule has 21 heavy (non-hydrogen) atoms. The van der Waals surface area contributed by atoms with Crippen molar-refractivity contribution in [2.45, 2.75) is 18.9 Å². The van der Waals surface area contributed by atoms with E-state index in [-0.39, 0.29) is 36.8 Å². The van der Waals surface area contributed by atoms with E-state index in [0.717, 1.165) is 12.8 Å². The highest BCUT2D eigenvalue weighted by molar-refractivity contribution is 7.16. The van der Waals surface area contributed by atoms with Gasteiger partial charge in [0.25, 0.3) is 5.91 Å². The third-order valence-corrected chi connectivity index (χ3v) is 4.23. The first-order valence-corrected chi connectivity index (χ1v) is 7.10. The molecule has 5 nitrogen and oxygen atoms in total. The summed E-state index contributed by atoms with van der Waals surface area (Å²) in [7, 11) is 0. The third-order valence-electron chi connectivity index (χ3n) is 3.22. The van der Waals surface area contributed by atoms with E-state index in [9.17, 15) is 4.79 Å². The summed E-state index contributed by atoms with van der Waals surface area (Å²) in [6.07, 6.45) is 5.48. The number of rotatable bonds is 5. The molecule has 116 valence electrons. The molecule has 0 radical (unpaired) electrons. The molecule has 0 aliphatic heterocycles. The Bertz CT molecular complexity index is 570. The fourth-order valence-electron chi connectivity index (χ4n) is 2.00. The highest BCUT2D eigenvalue weighted by Crippen LogP contribution is 2.32. The standard InChI is InChI=1S/C13H15N3O2S.2ClH/c14-6-9(8-3-4-8)16-12(17)11-7-15-13(19-11)10-2-1-5-18-10;;/h1-2,5,7-9H,3-4,6,14H2,(H,16,17);2*1H. The number of aromatic nitrogens is 1. The van der Waals surface area contributed by atoms with Crippen molar-refractivity contribution in [3.8, 4) is 10.8 Å². The lowest BCUT2D eigenvalue weighted by atomic mass is 10.2. The van der Waals surface area contributed by atoms with E-state index in [0.29, 0.717) is 28.1 Å². The summed E-state index contributed by atoms with van der Waals surface area (Å²) in [5.41, 5.74) is 5.68. The van der Waals surface area contributed by atoms with Gasteiger partial charge in [0.1, 0.15) is 4.88 Å². The van der Waals surface area contributed by atoms with Crippen molar-refractivity contribution in [1.82, 2.24) is 10.3 Å². The zero-order chi connectivity index (χ0) is 13.2. The van der Waals surface area contributed by atoms with Gasteiger partial charge in [0, 0.05) is 12.6 Å². The molecule has 0 spiro atoms. The Kier molecular flexibility index (Phi) is 6.67. The van der Waals surface area contributed by atoms with Gasteiger partial charge in [-0.05, 0) is 30.9 Å². The Morgan fingerprint density at radius 2 is 2.29 bits per heavy atom.